The Morgan fingerprint density at radius 1 is 1.32 bits per heavy atom. The maximum absolute atomic E-state index is 5.84. The Hall–Kier alpha value is -1.06. The van der Waals surface area contributed by atoms with Crippen molar-refractivity contribution in [2.75, 3.05) is 27.2 Å². The summed E-state index contributed by atoms with van der Waals surface area (Å²) in [5.74, 6) is 1.68. The molecule has 2 aliphatic rings. The molecule has 1 fully saturated rings. The number of benzene rings is 1. The molecule has 0 amide bonds. The van der Waals surface area contributed by atoms with Crippen LogP contribution in [0.2, 0.25) is 0 Å². The number of hydrogen-bond acceptors (Lipinski definition) is 3. The van der Waals surface area contributed by atoms with Crippen molar-refractivity contribution in [3.8, 4) is 5.75 Å². The van der Waals surface area contributed by atoms with Crippen LogP contribution in [0.3, 0.4) is 0 Å². The molecule has 2 unspecified atom stereocenters. The molecule has 1 heterocycles. The maximum Gasteiger partial charge on any atom is 0.123 e. The molecule has 0 saturated carbocycles. The van der Waals surface area contributed by atoms with Crippen LogP contribution in [0.15, 0.2) is 12.1 Å². The summed E-state index contributed by atoms with van der Waals surface area (Å²) in [4.78, 5) is 2.43. The van der Waals surface area contributed by atoms with Crippen molar-refractivity contribution in [2.45, 2.75) is 31.7 Å². The molecule has 0 radical (unpaired) electrons. The van der Waals surface area contributed by atoms with Crippen molar-refractivity contribution in [3.63, 3.8) is 0 Å². The van der Waals surface area contributed by atoms with E-state index >= 15 is 0 Å². The molecule has 0 spiro atoms. The van der Waals surface area contributed by atoms with Gasteiger partial charge in [0.2, 0.25) is 0 Å². The van der Waals surface area contributed by atoms with Crippen LogP contribution in [-0.4, -0.2) is 32.1 Å². The predicted molar refractivity (Wildman–Crippen MR) is 77.6 cm³/mol. The molecule has 2 N–H and O–H groups in total. The van der Waals surface area contributed by atoms with E-state index in [9.17, 15) is 0 Å². The Morgan fingerprint density at radius 3 is 2.68 bits per heavy atom. The van der Waals surface area contributed by atoms with Gasteiger partial charge < -0.3 is 10.5 Å². The molecule has 0 bridgehead atoms. The fourth-order valence-electron chi connectivity index (χ4n) is 3.70. The Bertz CT molecular complexity index is 472. The Kier molecular flexibility index (Phi) is 3.50. The van der Waals surface area contributed by atoms with Gasteiger partial charge in [0, 0.05) is 18.2 Å². The number of likely N-dealkylation sites (tertiary alicyclic amines) is 1. The zero-order valence-electron chi connectivity index (χ0n) is 12.0. The lowest BCUT2D eigenvalue weighted by Crippen LogP contribution is -2.21. The van der Waals surface area contributed by atoms with Gasteiger partial charge >= 0.3 is 0 Å². The number of aryl methyl sites for hydroxylation is 2. The van der Waals surface area contributed by atoms with Crippen molar-refractivity contribution in [1.82, 2.24) is 4.90 Å². The first-order valence-corrected chi connectivity index (χ1v) is 7.33. The lowest BCUT2D eigenvalue weighted by atomic mass is 9.96. The fraction of sp³-hybridized carbons (Fsp3) is 0.625. The molecule has 1 aliphatic heterocycles. The number of nitrogens with zero attached hydrogens (tertiary/aromatic N) is 1. The predicted octanol–water partition coefficient (Wildman–Crippen LogP) is 2.14. The first kappa shape index (κ1) is 12.9. The number of fused-ring (bicyclic) bond motifs is 1. The van der Waals surface area contributed by atoms with Gasteiger partial charge in [0.15, 0.2) is 0 Å². The molecule has 1 aliphatic carbocycles. The van der Waals surface area contributed by atoms with E-state index in [0.29, 0.717) is 12.0 Å². The highest BCUT2D eigenvalue weighted by molar-refractivity contribution is 5.46. The molecule has 1 aromatic rings. The van der Waals surface area contributed by atoms with Crippen LogP contribution < -0.4 is 10.5 Å². The minimum Gasteiger partial charge on any atom is -0.496 e. The summed E-state index contributed by atoms with van der Waals surface area (Å²) in [5, 5.41) is 0. The Balaban J connectivity index is 1.95. The van der Waals surface area contributed by atoms with E-state index in [1.54, 1.807) is 7.11 Å². The summed E-state index contributed by atoms with van der Waals surface area (Å²) in [6, 6.07) is 5.12. The third kappa shape index (κ3) is 2.26. The van der Waals surface area contributed by atoms with Crippen LogP contribution in [-0.2, 0) is 12.8 Å². The first-order chi connectivity index (χ1) is 9.22. The van der Waals surface area contributed by atoms with Gasteiger partial charge in [-0.15, -0.1) is 0 Å². The maximum atomic E-state index is 5.84. The van der Waals surface area contributed by atoms with E-state index in [4.69, 9.17) is 10.5 Å². The molecule has 1 aromatic carbocycles. The van der Waals surface area contributed by atoms with Gasteiger partial charge in [-0.2, -0.15) is 0 Å². The smallest absolute Gasteiger partial charge is 0.123 e. The minimum atomic E-state index is 0.467. The number of ether oxygens (including phenoxy) is 1. The fourth-order valence-corrected chi connectivity index (χ4v) is 3.70. The van der Waals surface area contributed by atoms with Crippen LogP contribution in [0, 0.1) is 5.92 Å². The number of nitrogens with two attached hydrogens (primary N) is 1. The normalized spacial score (nSPS) is 26.7. The second-order valence-electron chi connectivity index (χ2n) is 6.01. The lowest BCUT2D eigenvalue weighted by Gasteiger charge is -2.23. The van der Waals surface area contributed by atoms with Crippen LogP contribution in [0.25, 0.3) is 0 Å². The third-order valence-corrected chi connectivity index (χ3v) is 4.77. The van der Waals surface area contributed by atoms with Crippen LogP contribution in [0.4, 0.5) is 0 Å². The topological polar surface area (TPSA) is 38.5 Å². The zero-order valence-corrected chi connectivity index (χ0v) is 12.0. The average molecular weight is 260 g/mol. The van der Waals surface area contributed by atoms with Gasteiger partial charge in [0.05, 0.1) is 7.11 Å². The summed E-state index contributed by atoms with van der Waals surface area (Å²) in [6.45, 7) is 1.88. The van der Waals surface area contributed by atoms with Gasteiger partial charge in [-0.3, -0.25) is 4.90 Å². The SMILES string of the molecule is COc1cc2c(cc1C1CC(CN)CN1C)CCC2. The van der Waals surface area contributed by atoms with E-state index in [-0.39, 0.29) is 0 Å². The van der Waals surface area contributed by atoms with Crippen LogP contribution >= 0.6 is 0 Å². The van der Waals surface area contributed by atoms with E-state index < -0.39 is 0 Å². The molecule has 3 heteroatoms. The van der Waals surface area contributed by atoms with Crippen molar-refractivity contribution in [1.29, 1.82) is 0 Å². The number of hydrogen-bond donors (Lipinski definition) is 1. The summed E-state index contributed by atoms with van der Waals surface area (Å²) in [5.41, 5.74) is 10.2. The third-order valence-electron chi connectivity index (χ3n) is 4.77. The van der Waals surface area contributed by atoms with Crippen molar-refractivity contribution in [2.24, 2.45) is 11.7 Å². The van der Waals surface area contributed by atoms with Crippen LogP contribution in [0.1, 0.15) is 35.6 Å². The van der Waals surface area contributed by atoms with E-state index in [1.807, 2.05) is 0 Å². The first-order valence-electron chi connectivity index (χ1n) is 7.33. The summed E-state index contributed by atoms with van der Waals surface area (Å²) in [7, 11) is 3.99. The zero-order chi connectivity index (χ0) is 13.4. The highest BCUT2D eigenvalue weighted by Crippen LogP contribution is 2.40. The lowest BCUT2D eigenvalue weighted by molar-refractivity contribution is 0.303. The molecule has 1 saturated heterocycles. The Morgan fingerprint density at radius 2 is 2.05 bits per heavy atom. The monoisotopic (exact) mass is 260 g/mol. The second kappa shape index (κ2) is 5.14. The summed E-state index contributed by atoms with van der Waals surface area (Å²) >= 11 is 0. The van der Waals surface area contributed by atoms with Gasteiger partial charge in [0.25, 0.3) is 0 Å². The highest BCUT2D eigenvalue weighted by atomic mass is 16.5. The quantitative estimate of drug-likeness (QED) is 0.905. The molecular weight excluding hydrogens is 236 g/mol. The highest BCUT2D eigenvalue weighted by Gasteiger charge is 2.32. The standard InChI is InChI=1S/C16H24N2O/c1-18-10-11(9-17)6-15(18)14-7-12-4-3-5-13(12)8-16(14)19-2/h7-8,11,15H,3-6,9-10,17H2,1-2H3. The average Bonchev–Trinajstić information content (AvgIpc) is 3.02. The molecule has 2 atom stereocenters. The summed E-state index contributed by atoms with van der Waals surface area (Å²) < 4.78 is 5.64. The molecule has 3 rings (SSSR count). The molecule has 0 aromatic heterocycles. The van der Waals surface area contributed by atoms with E-state index in [2.05, 4.69) is 24.1 Å². The van der Waals surface area contributed by atoms with E-state index in [1.165, 1.54) is 36.0 Å². The second-order valence-corrected chi connectivity index (χ2v) is 6.01. The van der Waals surface area contributed by atoms with Crippen LogP contribution in [0.5, 0.6) is 5.75 Å². The van der Waals surface area contributed by atoms with Gasteiger partial charge in [-0.05, 0) is 62.4 Å². The molecular formula is C16H24N2O. The van der Waals surface area contributed by atoms with Gasteiger partial charge in [-0.1, -0.05) is 6.07 Å². The molecule has 3 nitrogen and oxygen atoms in total. The van der Waals surface area contributed by atoms with E-state index in [0.717, 1.165) is 25.3 Å². The largest absolute Gasteiger partial charge is 0.496 e. The van der Waals surface area contributed by atoms with Crippen molar-refractivity contribution >= 4 is 0 Å². The number of rotatable bonds is 3. The van der Waals surface area contributed by atoms with Gasteiger partial charge in [0.1, 0.15) is 5.75 Å². The minimum absolute atomic E-state index is 0.467. The van der Waals surface area contributed by atoms with Crippen molar-refractivity contribution < 1.29 is 4.74 Å². The summed E-state index contributed by atoms with van der Waals surface area (Å²) in [6.07, 6.45) is 4.87. The Labute approximate surface area is 115 Å². The molecule has 104 valence electrons. The number of methoxy groups -OCH3 is 1. The van der Waals surface area contributed by atoms with Crippen molar-refractivity contribution in [3.05, 3.63) is 28.8 Å². The molecule has 19 heavy (non-hydrogen) atoms. The van der Waals surface area contributed by atoms with Gasteiger partial charge in [-0.25, -0.2) is 0 Å².